The maximum atomic E-state index is 4.66. The Morgan fingerprint density at radius 1 is 0.926 bits per heavy atom. The number of benzene rings is 1. The predicted molar refractivity (Wildman–Crippen MR) is 110 cm³/mol. The van der Waals surface area contributed by atoms with Crippen molar-refractivity contribution in [2.24, 2.45) is 5.92 Å². The summed E-state index contributed by atoms with van der Waals surface area (Å²) in [5.74, 6) is 2.26. The monoisotopic (exact) mass is 367 g/mol. The fraction of sp³-hybridized carbons (Fsp3) is 0.550. The summed E-state index contributed by atoms with van der Waals surface area (Å²) in [6, 6.07) is 8.51. The molecule has 1 aromatic carbocycles. The van der Waals surface area contributed by atoms with E-state index in [2.05, 4.69) is 73.4 Å². The molecular formula is C20H29N7. The van der Waals surface area contributed by atoms with Crippen molar-refractivity contribution in [3.8, 4) is 0 Å². The molecule has 0 aliphatic carbocycles. The molecule has 0 amide bonds. The van der Waals surface area contributed by atoms with Crippen molar-refractivity contribution < 1.29 is 0 Å². The molecule has 2 saturated heterocycles. The third kappa shape index (κ3) is 4.47. The number of likely N-dealkylation sites (N-methyl/N-ethyl adjacent to an activating group) is 1. The Morgan fingerprint density at radius 3 is 2.33 bits per heavy atom. The van der Waals surface area contributed by atoms with Crippen molar-refractivity contribution in [2.45, 2.75) is 19.8 Å². The standard InChI is InChI=1S/C20H29N7/c1-16-7-9-27(10-8-16)19-15-21-24-20(23-19)22-17-3-5-18(6-4-17)26-13-11-25(2)12-14-26/h3-6,15-16H,7-14H2,1-2H3,(H,22,23,24). The number of rotatable bonds is 4. The van der Waals surface area contributed by atoms with Gasteiger partial charge in [0.2, 0.25) is 5.95 Å². The molecule has 7 nitrogen and oxygen atoms in total. The molecule has 2 aliphatic heterocycles. The number of piperidine rings is 1. The molecule has 2 aliphatic rings. The van der Waals surface area contributed by atoms with E-state index >= 15 is 0 Å². The quantitative estimate of drug-likeness (QED) is 0.891. The summed E-state index contributed by atoms with van der Waals surface area (Å²) in [5, 5.41) is 11.6. The van der Waals surface area contributed by atoms with Crippen LogP contribution in [-0.4, -0.2) is 66.4 Å². The Balaban J connectivity index is 1.39. The summed E-state index contributed by atoms with van der Waals surface area (Å²) in [7, 11) is 2.18. The molecule has 0 unspecified atom stereocenters. The molecule has 0 spiro atoms. The topological polar surface area (TPSA) is 60.4 Å². The third-order valence-corrected chi connectivity index (χ3v) is 5.65. The van der Waals surface area contributed by atoms with Crippen LogP contribution in [-0.2, 0) is 0 Å². The number of hydrogen-bond acceptors (Lipinski definition) is 7. The molecule has 2 aromatic rings. The van der Waals surface area contributed by atoms with E-state index in [0.29, 0.717) is 5.95 Å². The molecule has 1 aromatic heterocycles. The van der Waals surface area contributed by atoms with Gasteiger partial charge >= 0.3 is 0 Å². The highest BCUT2D eigenvalue weighted by atomic mass is 15.3. The second-order valence-corrected chi connectivity index (χ2v) is 7.77. The SMILES string of the molecule is CC1CCN(c2cnnc(Nc3ccc(N4CCN(C)CC4)cc3)n2)CC1. The Morgan fingerprint density at radius 2 is 1.63 bits per heavy atom. The lowest BCUT2D eigenvalue weighted by Crippen LogP contribution is -2.44. The molecule has 4 rings (SSSR count). The summed E-state index contributed by atoms with van der Waals surface area (Å²) < 4.78 is 0. The van der Waals surface area contributed by atoms with Crippen LogP contribution in [0.25, 0.3) is 0 Å². The Bertz CT molecular complexity index is 732. The fourth-order valence-corrected chi connectivity index (χ4v) is 3.69. The lowest BCUT2D eigenvalue weighted by atomic mass is 9.99. The van der Waals surface area contributed by atoms with E-state index in [1.54, 1.807) is 6.20 Å². The van der Waals surface area contributed by atoms with Gasteiger partial charge in [-0.3, -0.25) is 0 Å². The van der Waals surface area contributed by atoms with Gasteiger partial charge in [-0.25, -0.2) is 0 Å². The lowest BCUT2D eigenvalue weighted by Gasteiger charge is -2.34. The molecule has 0 atom stereocenters. The highest BCUT2D eigenvalue weighted by molar-refractivity contribution is 5.60. The van der Waals surface area contributed by atoms with Gasteiger partial charge in [-0.2, -0.15) is 10.1 Å². The number of piperazine rings is 1. The zero-order valence-corrected chi connectivity index (χ0v) is 16.3. The highest BCUT2D eigenvalue weighted by Gasteiger charge is 2.18. The van der Waals surface area contributed by atoms with Crippen LogP contribution in [0.4, 0.5) is 23.1 Å². The largest absolute Gasteiger partial charge is 0.369 e. The van der Waals surface area contributed by atoms with E-state index in [-0.39, 0.29) is 0 Å². The fourth-order valence-electron chi connectivity index (χ4n) is 3.69. The van der Waals surface area contributed by atoms with E-state index in [1.165, 1.54) is 18.5 Å². The molecule has 27 heavy (non-hydrogen) atoms. The molecule has 0 radical (unpaired) electrons. The minimum absolute atomic E-state index is 0.554. The second-order valence-electron chi connectivity index (χ2n) is 7.77. The zero-order valence-electron chi connectivity index (χ0n) is 16.3. The molecule has 0 bridgehead atoms. The Labute approximate surface area is 161 Å². The second kappa shape index (κ2) is 8.08. The molecule has 2 fully saturated rings. The number of hydrogen-bond donors (Lipinski definition) is 1. The Hall–Kier alpha value is -2.41. The molecule has 3 heterocycles. The zero-order chi connectivity index (χ0) is 18.6. The van der Waals surface area contributed by atoms with E-state index < -0.39 is 0 Å². The first-order valence-corrected chi connectivity index (χ1v) is 9.92. The van der Waals surface area contributed by atoms with Gasteiger partial charge in [-0.15, -0.1) is 5.10 Å². The van der Waals surface area contributed by atoms with Gasteiger partial charge in [0.15, 0.2) is 5.82 Å². The van der Waals surface area contributed by atoms with Gasteiger partial charge in [-0.05, 0) is 50.1 Å². The smallest absolute Gasteiger partial charge is 0.249 e. The van der Waals surface area contributed by atoms with Gasteiger partial charge in [-0.1, -0.05) is 6.92 Å². The maximum absolute atomic E-state index is 4.66. The first-order chi connectivity index (χ1) is 13.2. The van der Waals surface area contributed by atoms with Crippen LogP contribution in [0.2, 0.25) is 0 Å². The average molecular weight is 368 g/mol. The summed E-state index contributed by atoms with van der Waals surface area (Å²) >= 11 is 0. The average Bonchev–Trinajstić information content (AvgIpc) is 2.70. The van der Waals surface area contributed by atoms with Crippen LogP contribution < -0.4 is 15.1 Å². The molecule has 0 saturated carbocycles. The third-order valence-electron chi connectivity index (χ3n) is 5.65. The summed E-state index contributed by atoms with van der Waals surface area (Å²) in [6.45, 7) is 8.77. The van der Waals surface area contributed by atoms with Crippen molar-refractivity contribution in [3.63, 3.8) is 0 Å². The van der Waals surface area contributed by atoms with Crippen LogP contribution in [0.1, 0.15) is 19.8 Å². The normalized spacial score (nSPS) is 19.3. The van der Waals surface area contributed by atoms with E-state index in [0.717, 1.165) is 56.7 Å². The Kier molecular flexibility index (Phi) is 5.38. The number of nitrogens with zero attached hydrogens (tertiary/aromatic N) is 6. The number of nitrogens with one attached hydrogen (secondary N) is 1. The number of aromatic nitrogens is 3. The summed E-state index contributed by atoms with van der Waals surface area (Å²) in [6.07, 6.45) is 4.18. The van der Waals surface area contributed by atoms with Crippen LogP contribution in [0, 0.1) is 5.92 Å². The van der Waals surface area contributed by atoms with Crippen molar-refractivity contribution >= 4 is 23.1 Å². The van der Waals surface area contributed by atoms with Gasteiger partial charge in [0, 0.05) is 50.6 Å². The van der Waals surface area contributed by atoms with E-state index in [1.807, 2.05) is 0 Å². The first kappa shape index (κ1) is 18.0. The molecular weight excluding hydrogens is 338 g/mol. The van der Waals surface area contributed by atoms with E-state index in [4.69, 9.17) is 0 Å². The highest BCUT2D eigenvalue weighted by Crippen LogP contribution is 2.23. The van der Waals surface area contributed by atoms with Gasteiger partial charge in [0.1, 0.15) is 0 Å². The first-order valence-electron chi connectivity index (χ1n) is 9.92. The van der Waals surface area contributed by atoms with Crippen LogP contribution >= 0.6 is 0 Å². The minimum atomic E-state index is 0.554. The van der Waals surface area contributed by atoms with Crippen LogP contribution in [0.15, 0.2) is 30.5 Å². The molecule has 1 N–H and O–H groups in total. The molecule has 7 heteroatoms. The van der Waals surface area contributed by atoms with Gasteiger partial charge in [0.25, 0.3) is 0 Å². The predicted octanol–water partition coefficient (Wildman–Crippen LogP) is 2.60. The molecule has 144 valence electrons. The van der Waals surface area contributed by atoms with Gasteiger partial charge in [0.05, 0.1) is 6.20 Å². The van der Waals surface area contributed by atoms with Crippen LogP contribution in [0.3, 0.4) is 0 Å². The van der Waals surface area contributed by atoms with E-state index in [9.17, 15) is 0 Å². The van der Waals surface area contributed by atoms with Crippen molar-refractivity contribution in [3.05, 3.63) is 30.5 Å². The minimum Gasteiger partial charge on any atom is -0.369 e. The van der Waals surface area contributed by atoms with Crippen molar-refractivity contribution in [1.29, 1.82) is 0 Å². The lowest BCUT2D eigenvalue weighted by molar-refractivity contribution is 0.313. The van der Waals surface area contributed by atoms with Crippen LogP contribution in [0.5, 0.6) is 0 Å². The van der Waals surface area contributed by atoms with Crippen molar-refractivity contribution in [1.82, 2.24) is 20.1 Å². The summed E-state index contributed by atoms with van der Waals surface area (Å²) in [4.78, 5) is 11.8. The maximum Gasteiger partial charge on any atom is 0.249 e. The summed E-state index contributed by atoms with van der Waals surface area (Å²) in [5.41, 5.74) is 2.25. The van der Waals surface area contributed by atoms with Gasteiger partial charge < -0.3 is 20.0 Å². The van der Waals surface area contributed by atoms with Crippen molar-refractivity contribution in [2.75, 3.05) is 61.4 Å². The number of anilines is 4.